The number of hydrogen-bond donors (Lipinski definition) is 4. The molecule has 1 atom stereocenters. The lowest BCUT2D eigenvalue weighted by Gasteiger charge is -2.19. The van der Waals surface area contributed by atoms with Crippen molar-refractivity contribution in [1.82, 2.24) is 10.1 Å². The van der Waals surface area contributed by atoms with Gasteiger partial charge < -0.3 is 10.2 Å². The van der Waals surface area contributed by atoms with E-state index in [9.17, 15) is 27.9 Å². The standard InChI is InChI=1S/C24H16Cl4N4O7S/c25-13-4-5-18(15(26)10-13)29-22-20(31-40(38,39)14-3-1-2-11(6-14)7-19(33)34)23(35)32(30-22)21-16(27)8-12(24(36)37)9-17(21)28/h1-6,8-10,20,31H,7H2,(H,29,30)(H,33,34)(H,36,37). The predicted molar refractivity (Wildman–Crippen MR) is 149 cm³/mol. The summed E-state index contributed by atoms with van der Waals surface area (Å²) in [5.41, 5.74) is 2.61. The minimum Gasteiger partial charge on any atom is -0.481 e. The second-order valence-electron chi connectivity index (χ2n) is 8.24. The summed E-state index contributed by atoms with van der Waals surface area (Å²) in [5, 5.41) is 19.1. The number of carbonyl (C=O) groups is 3. The first-order valence-electron chi connectivity index (χ1n) is 11.0. The Labute approximate surface area is 247 Å². The number of carbonyl (C=O) groups excluding carboxylic acids is 1. The molecule has 1 aliphatic heterocycles. The van der Waals surface area contributed by atoms with Crippen LogP contribution >= 0.6 is 46.4 Å². The van der Waals surface area contributed by atoms with Crippen LogP contribution in [0.5, 0.6) is 0 Å². The number of hydrazine groups is 1. The Bertz CT molecular complexity index is 1680. The average Bonchev–Trinajstić information content (AvgIpc) is 3.14. The summed E-state index contributed by atoms with van der Waals surface area (Å²) in [6.07, 6.45) is -0.424. The van der Waals surface area contributed by atoms with Gasteiger partial charge in [0, 0.05) is 5.02 Å². The average molecular weight is 646 g/mol. The number of aliphatic carboxylic acids is 1. The fraction of sp³-hybridized carbons (Fsp3) is 0.0833. The smallest absolute Gasteiger partial charge is 0.335 e. The zero-order valence-electron chi connectivity index (χ0n) is 19.7. The number of halogens is 4. The van der Waals surface area contributed by atoms with Crippen molar-refractivity contribution in [3.8, 4) is 0 Å². The lowest BCUT2D eigenvalue weighted by molar-refractivity contribution is -0.136. The topological polar surface area (TPSA) is 165 Å². The molecule has 0 bridgehead atoms. The predicted octanol–water partition coefficient (Wildman–Crippen LogP) is 4.55. The van der Waals surface area contributed by atoms with E-state index in [1.165, 1.54) is 36.4 Å². The third-order valence-electron chi connectivity index (χ3n) is 5.44. The van der Waals surface area contributed by atoms with Crippen LogP contribution in [0.2, 0.25) is 20.1 Å². The van der Waals surface area contributed by atoms with Gasteiger partial charge in [0.2, 0.25) is 10.0 Å². The van der Waals surface area contributed by atoms with Crippen LogP contribution in [0.15, 0.2) is 64.5 Å². The number of benzene rings is 3. The fourth-order valence-corrected chi connectivity index (χ4v) is 6.00. The van der Waals surface area contributed by atoms with Crippen LogP contribution in [-0.2, 0) is 26.0 Å². The van der Waals surface area contributed by atoms with Gasteiger partial charge in [-0.05, 0) is 48.0 Å². The van der Waals surface area contributed by atoms with Crippen molar-refractivity contribution in [3.05, 3.63) is 85.8 Å². The minimum atomic E-state index is -4.43. The van der Waals surface area contributed by atoms with E-state index in [4.69, 9.17) is 51.5 Å². The summed E-state index contributed by atoms with van der Waals surface area (Å²) in [6.45, 7) is 0. The van der Waals surface area contributed by atoms with E-state index < -0.39 is 40.3 Å². The first-order chi connectivity index (χ1) is 18.8. The summed E-state index contributed by atoms with van der Waals surface area (Å²) >= 11 is 24.7. The number of amidine groups is 1. The molecule has 0 radical (unpaired) electrons. The maximum absolute atomic E-state index is 13.6. The highest BCUT2D eigenvalue weighted by atomic mass is 35.5. The molecule has 208 valence electrons. The number of nitrogens with zero attached hydrogens (tertiary/aromatic N) is 2. The van der Waals surface area contributed by atoms with Gasteiger partial charge in [-0.2, -0.15) is 4.72 Å². The second-order valence-corrected chi connectivity index (χ2v) is 11.6. The van der Waals surface area contributed by atoms with E-state index in [1.54, 1.807) is 0 Å². The Balaban J connectivity index is 1.79. The van der Waals surface area contributed by atoms with Gasteiger partial charge in [-0.3, -0.25) is 15.0 Å². The lowest BCUT2D eigenvalue weighted by Crippen LogP contribution is -2.44. The number of hydrogen-bond acceptors (Lipinski definition) is 6. The first-order valence-corrected chi connectivity index (χ1v) is 14.0. The molecule has 0 saturated carbocycles. The first kappa shape index (κ1) is 29.6. The number of rotatable bonds is 8. The molecule has 11 nitrogen and oxygen atoms in total. The van der Waals surface area contributed by atoms with E-state index in [-0.39, 0.29) is 48.3 Å². The van der Waals surface area contributed by atoms with Crippen molar-refractivity contribution < 1.29 is 33.0 Å². The van der Waals surface area contributed by atoms with Crippen molar-refractivity contribution in [2.45, 2.75) is 17.4 Å². The monoisotopic (exact) mass is 644 g/mol. The number of sulfonamides is 1. The summed E-state index contributed by atoms with van der Waals surface area (Å²) in [6, 6.07) is 9.97. The van der Waals surface area contributed by atoms with Gasteiger partial charge in [-0.15, -0.1) is 0 Å². The fourth-order valence-electron chi connectivity index (χ4n) is 3.67. The summed E-state index contributed by atoms with van der Waals surface area (Å²) in [4.78, 5) is 40.1. The SMILES string of the molecule is O=C(O)Cc1cccc(S(=O)(=O)NC2C(=O)N(c3c(Cl)cc(C(=O)O)cc3Cl)NC2=Nc2ccc(Cl)cc2Cl)c1. The van der Waals surface area contributed by atoms with Crippen LogP contribution < -0.4 is 15.2 Å². The molecule has 1 amide bonds. The zero-order valence-corrected chi connectivity index (χ0v) is 23.6. The van der Waals surface area contributed by atoms with Crippen LogP contribution in [0.3, 0.4) is 0 Å². The van der Waals surface area contributed by atoms with Crippen molar-refractivity contribution in [2.75, 3.05) is 5.01 Å². The number of nitrogens with one attached hydrogen (secondary N) is 2. The molecule has 3 aromatic rings. The Kier molecular flexibility index (Phi) is 8.59. The van der Waals surface area contributed by atoms with E-state index >= 15 is 0 Å². The van der Waals surface area contributed by atoms with Gasteiger partial charge in [-0.25, -0.2) is 23.2 Å². The van der Waals surface area contributed by atoms with Crippen molar-refractivity contribution in [1.29, 1.82) is 0 Å². The zero-order chi connectivity index (χ0) is 29.4. The Morgan fingerprint density at radius 1 is 0.975 bits per heavy atom. The molecule has 0 aliphatic carbocycles. The molecule has 3 aromatic carbocycles. The third kappa shape index (κ3) is 6.33. The molecule has 1 fully saturated rings. The second kappa shape index (κ2) is 11.6. The summed E-state index contributed by atoms with van der Waals surface area (Å²) < 4.78 is 28.9. The maximum Gasteiger partial charge on any atom is 0.335 e. The molecule has 1 aliphatic rings. The molecule has 40 heavy (non-hydrogen) atoms. The van der Waals surface area contributed by atoms with Crippen molar-refractivity contribution >= 4 is 91.5 Å². The Hall–Kier alpha value is -3.39. The van der Waals surface area contributed by atoms with E-state index in [0.717, 1.165) is 23.2 Å². The van der Waals surface area contributed by atoms with Gasteiger partial charge >= 0.3 is 11.9 Å². The molecule has 4 N–H and O–H groups in total. The van der Waals surface area contributed by atoms with E-state index in [0.29, 0.717) is 5.02 Å². The molecule has 1 saturated heterocycles. The number of carboxylic acid groups (broad SMARTS) is 2. The van der Waals surface area contributed by atoms with Crippen LogP contribution in [-0.4, -0.2) is 48.4 Å². The molecule has 0 spiro atoms. The lowest BCUT2D eigenvalue weighted by atomic mass is 10.2. The van der Waals surface area contributed by atoms with Crippen molar-refractivity contribution in [3.63, 3.8) is 0 Å². The number of anilines is 1. The van der Waals surface area contributed by atoms with E-state index in [1.807, 2.05) is 0 Å². The minimum absolute atomic E-state index is 0.0950. The van der Waals surface area contributed by atoms with Gasteiger partial charge in [0.15, 0.2) is 6.04 Å². The van der Waals surface area contributed by atoms with Gasteiger partial charge in [0.05, 0.1) is 37.6 Å². The van der Waals surface area contributed by atoms with E-state index in [2.05, 4.69) is 15.1 Å². The largest absolute Gasteiger partial charge is 0.481 e. The summed E-state index contributed by atoms with van der Waals surface area (Å²) in [7, 11) is -4.43. The van der Waals surface area contributed by atoms with Crippen molar-refractivity contribution in [2.24, 2.45) is 4.99 Å². The van der Waals surface area contributed by atoms with Gasteiger partial charge in [-0.1, -0.05) is 58.5 Å². The molecule has 16 heteroatoms. The number of aromatic carboxylic acids is 1. The maximum atomic E-state index is 13.6. The highest BCUT2D eigenvalue weighted by molar-refractivity contribution is 7.89. The van der Waals surface area contributed by atoms with Crippen LogP contribution in [0.1, 0.15) is 15.9 Å². The molecular weight excluding hydrogens is 630 g/mol. The third-order valence-corrected chi connectivity index (χ3v) is 7.98. The highest BCUT2D eigenvalue weighted by Gasteiger charge is 2.43. The number of aliphatic imine (C=N–C) groups is 1. The Morgan fingerprint density at radius 3 is 2.25 bits per heavy atom. The summed E-state index contributed by atoms with van der Waals surface area (Å²) in [5.74, 6) is -3.62. The number of carboxylic acids is 2. The van der Waals surface area contributed by atoms with Crippen LogP contribution in [0, 0.1) is 0 Å². The quantitative estimate of drug-likeness (QED) is 0.277. The van der Waals surface area contributed by atoms with Crippen LogP contribution in [0.25, 0.3) is 0 Å². The number of amides is 1. The normalized spacial score (nSPS) is 16.3. The molecule has 4 rings (SSSR count). The van der Waals surface area contributed by atoms with Gasteiger partial charge in [0.1, 0.15) is 11.5 Å². The highest BCUT2D eigenvalue weighted by Crippen LogP contribution is 2.37. The Morgan fingerprint density at radius 2 is 1.65 bits per heavy atom. The van der Waals surface area contributed by atoms with Crippen LogP contribution in [0.4, 0.5) is 11.4 Å². The molecule has 0 aromatic heterocycles. The van der Waals surface area contributed by atoms with Gasteiger partial charge in [0.25, 0.3) is 5.91 Å². The molecule has 1 heterocycles. The molecule has 1 unspecified atom stereocenters. The molecular formula is C24H16Cl4N4O7S.